The van der Waals surface area contributed by atoms with Crippen molar-refractivity contribution in [1.29, 1.82) is 5.41 Å². The van der Waals surface area contributed by atoms with Crippen LogP contribution in [0.1, 0.15) is 34.0 Å². The van der Waals surface area contributed by atoms with E-state index in [1.807, 2.05) is 0 Å². The average Bonchev–Trinajstić information content (AvgIpc) is 3.21. The van der Waals surface area contributed by atoms with Gasteiger partial charge in [-0.05, 0) is 19.1 Å². The monoisotopic (exact) mass is 397 g/mol. The predicted molar refractivity (Wildman–Crippen MR) is 104 cm³/mol. The standard InChI is InChI=1S/C17H19N9O3/c1-8-5-12(26(24-8)4-3-13(27)28)15(18)23-16(19)14-9-7-21-25(2)11(9)6-10(22-14)17(20)29/h5-7H,3-4H2,1-2H3,(H2,20,29)(H,27,28)(H3,18,19,23). The molecule has 150 valence electrons. The number of nitrogens with zero attached hydrogens (tertiary/aromatic N) is 6. The molecule has 0 spiro atoms. The summed E-state index contributed by atoms with van der Waals surface area (Å²) in [6.45, 7) is 1.80. The fraction of sp³-hybridized carbons (Fsp3) is 0.235. The third-order valence-electron chi connectivity index (χ3n) is 4.15. The Balaban J connectivity index is 2.03. The number of amides is 1. The Kier molecular flexibility index (Phi) is 5.08. The summed E-state index contributed by atoms with van der Waals surface area (Å²) in [7, 11) is 1.69. The Hall–Kier alpha value is -4.09. The number of carbonyl (C=O) groups excluding carboxylic acids is 1. The van der Waals surface area contributed by atoms with Gasteiger partial charge in [0.05, 0.1) is 30.4 Å². The van der Waals surface area contributed by atoms with Crippen LogP contribution < -0.4 is 11.5 Å². The highest BCUT2D eigenvalue weighted by molar-refractivity contribution is 6.14. The van der Waals surface area contributed by atoms with Crippen molar-refractivity contribution in [1.82, 2.24) is 24.5 Å². The van der Waals surface area contributed by atoms with Crippen LogP contribution in [0.25, 0.3) is 10.9 Å². The number of hydrogen-bond acceptors (Lipinski definition) is 6. The van der Waals surface area contributed by atoms with Crippen LogP contribution in [-0.2, 0) is 18.4 Å². The molecule has 6 N–H and O–H groups in total. The van der Waals surface area contributed by atoms with Crippen molar-refractivity contribution in [3.05, 3.63) is 41.1 Å². The number of fused-ring (bicyclic) bond motifs is 1. The van der Waals surface area contributed by atoms with Crippen molar-refractivity contribution < 1.29 is 14.7 Å². The first kappa shape index (κ1) is 19.7. The smallest absolute Gasteiger partial charge is 0.305 e. The van der Waals surface area contributed by atoms with E-state index in [0.717, 1.165) is 0 Å². The van der Waals surface area contributed by atoms with Crippen LogP contribution in [-0.4, -0.2) is 53.2 Å². The summed E-state index contributed by atoms with van der Waals surface area (Å²) in [5, 5.41) is 26.0. The summed E-state index contributed by atoms with van der Waals surface area (Å²) in [6.07, 6.45) is 1.37. The molecule has 0 aliphatic rings. The van der Waals surface area contributed by atoms with Gasteiger partial charge in [-0.3, -0.25) is 24.4 Å². The van der Waals surface area contributed by atoms with Gasteiger partial charge >= 0.3 is 5.97 Å². The maximum atomic E-state index is 11.6. The number of aliphatic carboxylic acids is 1. The lowest BCUT2D eigenvalue weighted by Gasteiger charge is -2.07. The molecule has 1 amide bonds. The molecule has 0 fully saturated rings. The molecule has 0 radical (unpaired) electrons. The highest BCUT2D eigenvalue weighted by atomic mass is 16.4. The number of aromatic nitrogens is 5. The highest BCUT2D eigenvalue weighted by Crippen LogP contribution is 2.18. The number of primary amides is 1. The Morgan fingerprint density at radius 3 is 2.69 bits per heavy atom. The number of aliphatic imine (C=N–C) groups is 1. The van der Waals surface area contributed by atoms with Crippen molar-refractivity contribution in [2.75, 3.05) is 0 Å². The van der Waals surface area contributed by atoms with Crippen LogP contribution in [0.3, 0.4) is 0 Å². The number of hydrogen-bond donors (Lipinski definition) is 4. The molecule has 0 unspecified atom stereocenters. The molecule has 0 saturated carbocycles. The van der Waals surface area contributed by atoms with Crippen molar-refractivity contribution in [3.8, 4) is 0 Å². The first-order valence-corrected chi connectivity index (χ1v) is 8.49. The average molecular weight is 397 g/mol. The largest absolute Gasteiger partial charge is 0.481 e. The molecule has 12 nitrogen and oxygen atoms in total. The summed E-state index contributed by atoms with van der Waals surface area (Å²) < 4.78 is 2.92. The van der Waals surface area contributed by atoms with Gasteiger partial charge in [0, 0.05) is 12.4 Å². The molecule has 0 atom stereocenters. The van der Waals surface area contributed by atoms with E-state index in [4.69, 9.17) is 22.0 Å². The van der Waals surface area contributed by atoms with Crippen LogP contribution in [0.5, 0.6) is 0 Å². The zero-order valence-corrected chi connectivity index (χ0v) is 15.7. The quantitative estimate of drug-likeness (QED) is 0.326. The molecule has 3 aromatic heterocycles. The summed E-state index contributed by atoms with van der Waals surface area (Å²) in [6, 6.07) is 3.10. The first-order chi connectivity index (χ1) is 13.7. The summed E-state index contributed by atoms with van der Waals surface area (Å²) in [5.41, 5.74) is 13.1. The van der Waals surface area contributed by atoms with E-state index in [1.54, 1.807) is 20.0 Å². The number of nitrogens with two attached hydrogens (primary N) is 2. The van der Waals surface area contributed by atoms with Gasteiger partial charge in [-0.1, -0.05) is 0 Å². The van der Waals surface area contributed by atoms with E-state index in [0.29, 0.717) is 22.3 Å². The number of nitrogens with one attached hydrogen (secondary N) is 1. The topological polar surface area (TPSA) is 191 Å². The maximum absolute atomic E-state index is 11.6. The summed E-state index contributed by atoms with van der Waals surface area (Å²) in [4.78, 5) is 30.7. The molecule has 0 aromatic carbocycles. The minimum Gasteiger partial charge on any atom is -0.481 e. The van der Waals surface area contributed by atoms with Crippen molar-refractivity contribution in [3.63, 3.8) is 0 Å². The molecule has 29 heavy (non-hydrogen) atoms. The van der Waals surface area contributed by atoms with E-state index in [2.05, 4.69) is 20.2 Å². The summed E-state index contributed by atoms with van der Waals surface area (Å²) in [5.74, 6) is -2.05. The number of rotatable bonds is 6. The zero-order valence-electron chi connectivity index (χ0n) is 15.7. The van der Waals surface area contributed by atoms with Gasteiger partial charge in [0.2, 0.25) is 0 Å². The first-order valence-electron chi connectivity index (χ1n) is 8.49. The van der Waals surface area contributed by atoms with E-state index in [-0.39, 0.29) is 36.0 Å². The highest BCUT2D eigenvalue weighted by Gasteiger charge is 2.17. The van der Waals surface area contributed by atoms with E-state index in [9.17, 15) is 9.59 Å². The Bertz CT molecular complexity index is 1170. The number of carbonyl (C=O) groups is 2. The third-order valence-corrected chi connectivity index (χ3v) is 4.15. The van der Waals surface area contributed by atoms with E-state index < -0.39 is 11.9 Å². The van der Waals surface area contributed by atoms with Gasteiger partial charge in [0.15, 0.2) is 11.7 Å². The predicted octanol–water partition coefficient (Wildman–Crippen LogP) is -0.222. The van der Waals surface area contributed by atoms with Crippen LogP contribution in [0, 0.1) is 12.3 Å². The molecule has 3 heterocycles. The molecular formula is C17H19N9O3. The fourth-order valence-corrected chi connectivity index (χ4v) is 2.80. The van der Waals surface area contributed by atoms with E-state index >= 15 is 0 Å². The molecule has 0 saturated heterocycles. The second kappa shape index (κ2) is 7.50. The van der Waals surface area contributed by atoms with Crippen LogP contribution in [0.4, 0.5) is 0 Å². The number of carboxylic acid groups (broad SMARTS) is 1. The SMILES string of the molecule is Cc1cc(C(=N)/N=C(\N)c2nc(C(N)=O)cc3c2cnn3C)n(CCC(=O)O)n1. The second-order valence-electron chi connectivity index (χ2n) is 6.30. The Morgan fingerprint density at radius 2 is 2.03 bits per heavy atom. The van der Waals surface area contributed by atoms with Gasteiger partial charge in [0.1, 0.15) is 17.1 Å². The minimum atomic E-state index is -0.981. The second-order valence-corrected chi connectivity index (χ2v) is 6.30. The molecule has 12 heteroatoms. The number of aryl methyl sites for hydroxylation is 3. The molecule has 0 bridgehead atoms. The van der Waals surface area contributed by atoms with E-state index in [1.165, 1.54) is 21.6 Å². The third kappa shape index (κ3) is 3.95. The van der Waals surface area contributed by atoms with Gasteiger partial charge in [-0.25, -0.2) is 9.98 Å². The lowest BCUT2D eigenvalue weighted by molar-refractivity contribution is -0.137. The van der Waals surface area contributed by atoms with Gasteiger partial charge in [-0.2, -0.15) is 10.2 Å². The lowest BCUT2D eigenvalue weighted by Crippen LogP contribution is -2.22. The fourth-order valence-electron chi connectivity index (χ4n) is 2.80. The molecule has 3 rings (SSSR count). The molecular weight excluding hydrogens is 378 g/mol. The Labute approximate surface area is 164 Å². The number of pyridine rings is 1. The van der Waals surface area contributed by atoms with Crippen LogP contribution >= 0.6 is 0 Å². The molecule has 3 aromatic rings. The van der Waals surface area contributed by atoms with Gasteiger partial charge in [0.25, 0.3) is 5.91 Å². The van der Waals surface area contributed by atoms with Crippen LogP contribution in [0.15, 0.2) is 23.3 Å². The molecule has 0 aliphatic carbocycles. The van der Waals surface area contributed by atoms with Gasteiger partial charge < -0.3 is 16.6 Å². The Morgan fingerprint density at radius 1 is 1.31 bits per heavy atom. The zero-order chi connectivity index (χ0) is 21.3. The summed E-state index contributed by atoms with van der Waals surface area (Å²) >= 11 is 0. The number of carboxylic acids is 1. The number of amidine groups is 2. The maximum Gasteiger partial charge on any atom is 0.305 e. The molecule has 0 aliphatic heterocycles. The van der Waals surface area contributed by atoms with Crippen molar-refractivity contribution >= 4 is 34.5 Å². The van der Waals surface area contributed by atoms with Crippen molar-refractivity contribution in [2.24, 2.45) is 23.5 Å². The minimum absolute atomic E-state index is 0.0110. The van der Waals surface area contributed by atoms with Crippen molar-refractivity contribution in [2.45, 2.75) is 19.9 Å². The lowest BCUT2D eigenvalue weighted by atomic mass is 10.2. The normalized spacial score (nSPS) is 11.7. The van der Waals surface area contributed by atoms with Gasteiger partial charge in [-0.15, -0.1) is 0 Å². The van der Waals surface area contributed by atoms with Crippen LogP contribution in [0.2, 0.25) is 0 Å².